The Bertz CT molecular complexity index is 1240. The molecule has 0 radical (unpaired) electrons. The minimum absolute atomic E-state index is 0.0220. The standard InChI is InChI=1S/C26H28Cl2N2O7/c1-13(33)30(11-14-3-4-18(27)19(28)8-14)20-10-17(26(35)29-5-6-31)22-16-7-15(12-32)9-21(36-2)24(16)37-25(22)23(20)34/h3-4,7-10,20,22-23,25,31-32,34H,5-6,11-12H2,1-2H3,(H,29,35). The fraction of sp³-hybridized carbons (Fsp3) is 0.385. The number of benzene rings is 2. The summed E-state index contributed by atoms with van der Waals surface area (Å²) in [6, 6.07) is 7.41. The van der Waals surface area contributed by atoms with Gasteiger partial charge in [-0.05, 0) is 41.5 Å². The summed E-state index contributed by atoms with van der Waals surface area (Å²) in [6.45, 7) is 0.971. The van der Waals surface area contributed by atoms with E-state index in [1.165, 1.54) is 18.9 Å². The number of ether oxygens (including phenoxy) is 2. The number of nitrogens with zero attached hydrogens (tertiary/aromatic N) is 1. The van der Waals surface area contributed by atoms with Gasteiger partial charge in [0.2, 0.25) is 11.8 Å². The highest BCUT2D eigenvalue weighted by Gasteiger charge is 2.51. The van der Waals surface area contributed by atoms with Crippen LogP contribution in [0.4, 0.5) is 0 Å². The summed E-state index contributed by atoms with van der Waals surface area (Å²) in [5.74, 6) is -0.790. The molecule has 0 saturated heterocycles. The van der Waals surface area contributed by atoms with Crippen LogP contribution in [0.3, 0.4) is 0 Å². The number of methoxy groups -OCH3 is 1. The van der Waals surface area contributed by atoms with E-state index in [1.807, 2.05) is 0 Å². The van der Waals surface area contributed by atoms with Gasteiger partial charge in [0, 0.05) is 31.1 Å². The average Bonchev–Trinajstić information content (AvgIpc) is 3.27. The monoisotopic (exact) mass is 550 g/mol. The Morgan fingerprint density at radius 2 is 1.89 bits per heavy atom. The molecule has 11 heteroatoms. The molecule has 1 aliphatic heterocycles. The third-order valence-electron chi connectivity index (χ3n) is 6.60. The summed E-state index contributed by atoms with van der Waals surface area (Å²) in [4.78, 5) is 27.5. The summed E-state index contributed by atoms with van der Waals surface area (Å²) in [6.07, 6.45) is -0.562. The van der Waals surface area contributed by atoms with Gasteiger partial charge >= 0.3 is 0 Å². The molecule has 2 aromatic carbocycles. The van der Waals surface area contributed by atoms with E-state index in [1.54, 1.807) is 36.4 Å². The van der Waals surface area contributed by atoms with Gasteiger partial charge in [-0.1, -0.05) is 29.3 Å². The molecular formula is C26H28Cl2N2O7. The molecule has 1 aliphatic carbocycles. The van der Waals surface area contributed by atoms with E-state index < -0.39 is 30.1 Å². The van der Waals surface area contributed by atoms with Gasteiger partial charge in [-0.25, -0.2) is 0 Å². The van der Waals surface area contributed by atoms with Crippen molar-refractivity contribution in [2.24, 2.45) is 0 Å². The van der Waals surface area contributed by atoms with Gasteiger partial charge in [0.15, 0.2) is 11.5 Å². The Kier molecular flexibility index (Phi) is 8.30. The van der Waals surface area contributed by atoms with Crippen LogP contribution in [0, 0.1) is 0 Å². The summed E-state index contributed by atoms with van der Waals surface area (Å²) in [7, 11) is 1.46. The lowest BCUT2D eigenvalue weighted by Crippen LogP contribution is -2.55. The molecule has 0 bridgehead atoms. The van der Waals surface area contributed by atoms with Crippen LogP contribution in [-0.2, 0) is 22.7 Å². The van der Waals surface area contributed by atoms with Crippen molar-refractivity contribution in [1.82, 2.24) is 10.2 Å². The number of carbonyl (C=O) groups excluding carboxylic acids is 2. The lowest BCUT2D eigenvalue weighted by molar-refractivity contribution is -0.135. The lowest BCUT2D eigenvalue weighted by atomic mass is 9.77. The summed E-state index contributed by atoms with van der Waals surface area (Å²) < 4.78 is 11.6. The first kappa shape index (κ1) is 27.2. The molecule has 4 atom stereocenters. The molecule has 198 valence electrons. The molecule has 0 saturated carbocycles. The van der Waals surface area contributed by atoms with Crippen molar-refractivity contribution in [3.05, 3.63) is 68.7 Å². The third kappa shape index (κ3) is 5.28. The van der Waals surface area contributed by atoms with Gasteiger partial charge < -0.3 is 35.0 Å². The predicted molar refractivity (Wildman–Crippen MR) is 137 cm³/mol. The Balaban J connectivity index is 1.79. The van der Waals surface area contributed by atoms with Gasteiger partial charge in [0.05, 0.1) is 42.3 Å². The fourth-order valence-electron chi connectivity index (χ4n) is 4.88. The van der Waals surface area contributed by atoms with E-state index in [0.717, 1.165) is 0 Å². The van der Waals surface area contributed by atoms with E-state index in [2.05, 4.69) is 5.32 Å². The van der Waals surface area contributed by atoms with Gasteiger partial charge in [-0.3, -0.25) is 9.59 Å². The van der Waals surface area contributed by atoms with Crippen LogP contribution in [0.2, 0.25) is 10.0 Å². The number of carbonyl (C=O) groups is 2. The van der Waals surface area contributed by atoms with Crippen molar-refractivity contribution in [2.75, 3.05) is 20.3 Å². The maximum Gasteiger partial charge on any atom is 0.247 e. The van der Waals surface area contributed by atoms with E-state index in [4.69, 9.17) is 32.7 Å². The number of fused-ring (bicyclic) bond motifs is 3. The predicted octanol–water partition coefficient (Wildman–Crippen LogP) is 2.17. The molecule has 9 nitrogen and oxygen atoms in total. The summed E-state index contributed by atoms with van der Waals surface area (Å²) >= 11 is 12.2. The topological polar surface area (TPSA) is 129 Å². The highest BCUT2D eigenvalue weighted by molar-refractivity contribution is 6.42. The van der Waals surface area contributed by atoms with Crippen LogP contribution in [0.25, 0.3) is 0 Å². The summed E-state index contributed by atoms with van der Waals surface area (Å²) in [5, 5.41) is 33.8. The van der Waals surface area contributed by atoms with Crippen molar-refractivity contribution < 1.29 is 34.4 Å². The minimum Gasteiger partial charge on any atom is -0.493 e. The molecule has 4 N–H and O–H groups in total. The number of nitrogens with one attached hydrogen (secondary N) is 1. The van der Waals surface area contributed by atoms with Crippen LogP contribution in [-0.4, -0.2) is 70.5 Å². The number of hydrogen-bond donors (Lipinski definition) is 4. The first-order chi connectivity index (χ1) is 17.7. The van der Waals surface area contributed by atoms with Crippen molar-refractivity contribution in [3.63, 3.8) is 0 Å². The zero-order valence-corrected chi connectivity index (χ0v) is 21.8. The molecule has 2 aromatic rings. The molecular weight excluding hydrogens is 523 g/mol. The zero-order chi connectivity index (χ0) is 26.9. The fourth-order valence-corrected chi connectivity index (χ4v) is 5.20. The van der Waals surface area contributed by atoms with E-state index in [0.29, 0.717) is 38.2 Å². The molecule has 4 unspecified atom stereocenters. The highest BCUT2D eigenvalue weighted by Crippen LogP contribution is 2.51. The Morgan fingerprint density at radius 1 is 1.14 bits per heavy atom. The van der Waals surface area contributed by atoms with Crippen molar-refractivity contribution >= 4 is 35.0 Å². The van der Waals surface area contributed by atoms with Gasteiger partial charge in [-0.2, -0.15) is 0 Å². The second-order valence-electron chi connectivity index (χ2n) is 8.91. The normalized spacial score (nSPS) is 21.9. The van der Waals surface area contributed by atoms with Gasteiger partial charge in [-0.15, -0.1) is 0 Å². The van der Waals surface area contributed by atoms with Crippen LogP contribution < -0.4 is 14.8 Å². The van der Waals surface area contributed by atoms with Gasteiger partial charge in [0.1, 0.15) is 12.2 Å². The molecule has 37 heavy (non-hydrogen) atoms. The summed E-state index contributed by atoms with van der Waals surface area (Å²) in [5.41, 5.74) is 2.08. The molecule has 1 heterocycles. The highest BCUT2D eigenvalue weighted by atomic mass is 35.5. The van der Waals surface area contributed by atoms with Crippen LogP contribution in [0.1, 0.15) is 29.5 Å². The molecule has 2 aliphatic rings. The van der Waals surface area contributed by atoms with E-state index >= 15 is 0 Å². The van der Waals surface area contributed by atoms with Gasteiger partial charge in [0.25, 0.3) is 0 Å². The lowest BCUT2D eigenvalue weighted by Gasteiger charge is -2.40. The third-order valence-corrected chi connectivity index (χ3v) is 7.34. The van der Waals surface area contributed by atoms with Crippen LogP contribution in [0.15, 0.2) is 42.0 Å². The molecule has 0 spiro atoms. The quantitative estimate of drug-likeness (QED) is 0.396. The van der Waals surface area contributed by atoms with E-state index in [-0.39, 0.29) is 37.8 Å². The zero-order valence-electron chi connectivity index (χ0n) is 20.3. The number of halogens is 2. The molecule has 0 fully saturated rings. The van der Waals surface area contributed by atoms with Crippen molar-refractivity contribution in [3.8, 4) is 11.5 Å². The first-order valence-electron chi connectivity index (χ1n) is 11.7. The Morgan fingerprint density at radius 3 is 2.51 bits per heavy atom. The SMILES string of the molecule is COc1cc(CO)cc2c1OC1C2C(C(=O)NCCO)=CC(N(Cc2ccc(Cl)c(Cl)c2)C(C)=O)C1O. The number of rotatable bonds is 8. The maximum atomic E-state index is 13.3. The second kappa shape index (κ2) is 11.3. The number of aliphatic hydroxyl groups is 3. The number of amides is 2. The van der Waals surface area contributed by atoms with Crippen molar-refractivity contribution in [1.29, 1.82) is 0 Å². The Hall–Kier alpha value is -2.82. The van der Waals surface area contributed by atoms with Crippen LogP contribution in [0.5, 0.6) is 11.5 Å². The maximum absolute atomic E-state index is 13.3. The van der Waals surface area contributed by atoms with E-state index in [9.17, 15) is 24.9 Å². The Labute approximate surface area is 224 Å². The largest absolute Gasteiger partial charge is 0.493 e. The first-order valence-corrected chi connectivity index (χ1v) is 12.4. The van der Waals surface area contributed by atoms with Crippen LogP contribution >= 0.6 is 23.2 Å². The molecule has 2 amide bonds. The number of hydrogen-bond acceptors (Lipinski definition) is 7. The number of aliphatic hydroxyl groups excluding tert-OH is 3. The second-order valence-corrected chi connectivity index (χ2v) is 9.73. The molecule has 4 rings (SSSR count). The average molecular weight is 551 g/mol. The minimum atomic E-state index is -1.21. The smallest absolute Gasteiger partial charge is 0.247 e. The van der Waals surface area contributed by atoms with Crippen molar-refractivity contribution in [2.45, 2.75) is 44.2 Å². The molecule has 0 aromatic heterocycles.